The van der Waals surface area contributed by atoms with Crippen molar-refractivity contribution in [2.24, 2.45) is 0 Å². The number of benzene rings is 1. The molecule has 1 aromatic rings. The number of carbonyl (C=O) groups is 3. The van der Waals surface area contributed by atoms with Gasteiger partial charge in [-0.1, -0.05) is 30.0 Å². The van der Waals surface area contributed by atoms with E-state index in [1.54, 1.807) is 30.3 Å². The molecule has 0 radical (unpaired) electrons. The van der Waals surface area contributed by atoms with Gasteiger partial charge in [0, 0.05) is 11.6 Å². The van der Waals surface area contributed by atoms with Gasteiger partial charge in [-0.25, -0.2) is 4.79 Å². The number of hydrogen-bond donors (Lipinski definition) is 2. The lowest BCUT2D eigenvalue weighted by Gasteiger charge is -2.10. The van der Waals surface area contributed by atoms with E-state index in [0.717, 1.165) is 17.8 Å². The highest BCUT2D eigenvalue weighted by Crippen LogP contribution is 2.25. The topological polar surface area (TPSA) is 84.5 Å². The number of hydrogen-bond acceptors (Lipinski definition) is 5. The Balaban J connectivity index is 1.99. The second-order valence-electron chi connectivity index (χ2n) is 3.84. The maximum absolute atomic E-state index is 11.9. The van der Waals surface area contributed by atoms with Gasteiger partial charge in [0.05, 0.1) is 12.0 Å². The molecule has 1 atom stereocenters. The molecule has 1 heterocycles. The molecule has 6 nitrogen and oxygen atoms in total. The average molecular weight is 292 g/mol. The van der Waals surface area contributed by atoms with Crippen LogP contribution in [0.2, 0.25) is 0 Å². The minimum absolute atomic E-state index is 0.204. The predicted octanol–water partition coefficient (Wildman–Crippen LogP) is 0.620. The number of thioether (sulfide) groups is 1. The van der Waals surface area contributed by atoms with Crippen LogP contribution in [-0.4, -0.2) is 30.4 Å². The summed E-state index contributed by atoms with van der Waals surface area (Å²) < 4.78 is 4.45. The number of ether oxygens (including phenoxy) is 1. The first-order chi connectivity index (χ1) is 9.60. The van der Waals surface area contributed by atoms with E-state index in [9.17, 15) is 14.4 Å². The Morgan fingerprint density at radius 3 is 2.70 bits per heavy atom. The van der Waals surface area contributed by atoms with E-state index in [-0.39, 0.29) is 10.8 Å². The van der Waals surface area contributed by atoms with Crippen molar-refractivity contribution in [1.82, 2.24) is 10.6 Å². The lowest BCUT2D eigenvalue weighted by molar-refractivity contribution is -0.135. The van der Waals surface area contributed by atoms with Gasteiger partial charge in [0.15, 0.2) is 5.50 Å². The molecule has 2 rings (SSSR count). The molecule has 0 aliphatic carbocycles. The van der Waals surface area contributed by atoms with E-state index in [0.29, 0.717) is 5.56 Å². The molecule has 2 N–H and O–H groups in total. The highest BCUT2D eigenvalue weighted by molar-refractivity contribution is 8.05. The lowest BCUT2D eigenvalue weighted by Crippen LogP contribution is -2.41. The number of carbonyl (C=O) groups excluding carboxylic acids is 3. The van der Waals surface area contributed by atoms with Crippen molar-refractivity contribution < 1.29 is 19.1 Å². The summed E-state index contributed by atoms with van der Waals surface area (Å²) in [6.07, 6.45) is 1.09. The molecule has 1 aliphatic rings. The third-order valence-corrected chi connectivity index (χ3v) is 3.51. The zero-order valence-electron chi connectivity index (χ0n) is 10.6. The van der Waals surface area contributed by atoms with Crippen LogP contribution in [0.25, 0.3) is 0 Å². The molecule has 1 aliphatic heterocycles. The summed E-state index contributed by atoms with van der Waals surface area (Å²) in [6, 6.07) is 8.64. The Kier molecular flexibility index (Phi) is 4.41. The third-order valence-electron chi connectivity index (χ3n) is 2.48. The molecule has 0 unspecified atom stereocenters. The Hall–Kier alpha value is -2.28. The quantitative estimate of drug-likeness (QED) is 0.630. The minimum atomic E-state index is -0.613. The van der Waals surface area contributed by atoms with Crippen molar-refractivity contribution in [3.63, 3.8) is 0 Å². The van der Waals surface area contributed by atoms with E-state index in [1.165, 1.54) is 7.11 Å². The minimum Gasteiger partial charge on any atom is -0.466 e. The van der Waals surface area contributed by atoms with Crippen LogP contribution in [-0.2, 0) is 14.3 Å². The first kappa shape index (κ1) is 14.1. The fourth-order valence-electron chi connectivity index (χ4n) is 1.52. The maximum Gasteiger partial charge on any atom is 0.331 e. The summed E-state index contributed by atoms with van der Waals surface area (Å²) in [7, 11) is 1.23. The summed E-state index contributed by atoms with van der Waals surface area (Å²) in [6.45, 7) is 0. The molecular weight excluding hydrogens is 280 g/mol. The molecule has 1 fully saturated rings. The Bertz CT molecular complexity index is 571. The van der Waals surface area contributed by atoms with Crippen LogP contribution in [0.1, 0.15) is 10.4 Å². The Morgan fingerprint density at radius 2 is 2.05 bits per heavy atom. The number of amides is 2. The number of esters is 1. The van der Waals surface area contributed by atoms with Crippen molar-refractivity contribution in [3.8, 4) is 0 Å². The van der Waals surface area contributed by atoms with E-state index in [1.807, 2.05) is 0 Å². The fourth-order valence-corrected chi connectivity index (χ4v) is 2.44. The van der Waals surface area contributed by atoms with Crippen LogP contribution in [0, 0.1) is 0 Å². The molecule has 1 saturated heterocycles. The second-order valence-corrected chi connectivity index (χ2v) is 4.99. The van der Waals surface area contributed by atoms with Crippen molar-refractivity contribution in [3.05, 3.63) is 46.9 Å². The third kappa shape index (κ3) is 3.39. The average Bonchev–Trinajstić information content (AvgIpc) is 2.79. The monoisotopic (exact) mass is 292 g/mol. The summed E-state index contributed by atoms with van der Waals surface area (Å²) in [5.41, 5.74) is -0.112. The van der Waals surface area contributed by atoms with Gasteiger partial charge in [0.2, 0.25) is 0 Å². The van der Waals surface area contributed by atoms with Gasteiger partial charge in [-0.2, -0.15) is 0 Å². The van der Waals surface area contributed by atoms with E-state index >= 15 is 0 Å². The highest BCUT2D eigenvalue weighted by atomic mass is 32.2. The summed E-state index contributed by atoms with van der Waals surface area (Å²) in [4.78, 5) is 34.8. The molecular formula is C13H12N2O4S. The fraction of sp³-hybridized carbons (Fsp3) is 0.154. The number of methoxy groups -OCH3 is 1. The van der Waals surface area contributed by atoms with Crippen molar-refractivity contribution in [2.45, 2.75) is 5.50 Å². The zero-order valence-corrected chi connectivity index (χ0v) is 11.4. The van der Waals surface area contributed by atoms with Crippen LogP contribution in [0.15, 0.2) is 41.3 Å². The SMILES string of the molecule is COC(=O)/C=C1\S[C@H](NC(=O)c2ccccc2)NC1=O. The summed E-state index contributed by atoms with van der Waals surface area (Å²) in [5, 5.41) is 5.20. The lowest BCUT2D eigenvalue weighted by atomic mass is 10.2. The van der Waals surface area contributed by atoms with Gasteiger partial charge in [-0.05, 0) is 12.1 Å². The van der Waals surface area contributed by atoms with Gasteiger partial charge in [-0.15, -0.1) is 0 Å². The van der Waals surface area contributed by atoms with Crippen LogP contribution in [0.3, 0.4) is 0 Å². The first-order valence-electron chi connectivity index (χ1n) is 5.73. The van der Waals surface area contributed by atoms with Gasteiger partial charge < -0.3 is 15.4 Å². The van der Waals surface area contributed by atoms with E-state index in [4.69, 9.17) is 0 Å². The molecule has 2 amide bonds. The molecule has 1 aromatic carbocycles. The Labute approximate surface area is 119 Å². The zero-order chi connectivity index (χ0) is 14.5. The predicted molar refractivity (Wildman–Crippen MR) is 73.5 cm³/mol. The normalized spacial score (nSPS) is 19.6. The van der Waals surface area contributed by atoms with Crippen molar-refractivity contribution in [2.75, 3.05) is 7.11 Å². The van der Waals surface area contributed by atoms with Gasteiger partial charge in [0.25, 0.3) is 11.8 Å². The van der Waals surface area contributed by atoms with Crippen LogP contribution >= 0.6 is 11.8 Å². The Morgan fingerprint density at radius 1 is 1.35 bits per heavy atom. The molecule has 0 aromatic heterocycles. The first-order valence-corrected chi connectivity index (χ1v) is 6.61. The second kappa shape index (κ2) is 6.25. The van der Waals surface area contributed by atoms with Crippen LogP contribution < -0.4 is 10.6 Å². The summed E-state index contributed by atoms with van der Waals surface area (Å²) >= 11 is 1.05. The summed E-state index contributed by atoms with van der Waals surface area (Å²) in [5.74, 6) is -1.33. The van der Waals surface area contributed by atoms with Crippen molar-refractivity contribution in [1.29, 1.82) is 0 Å². The van der Waals surface area contributed by atoms with Gasteiger partial charge in [0.1, 0.15) is 0 Å². The van der Waals surface area contributed by atoms with Crippen LogP contribution in [0.4, 0.5) is 0 Å². The smallest absolute Gasteiger partial charge is 0.331 e. The molecule has 0 saturated carbocycles. The van der Waals surface area contributed by atoms with Gasteiger partial charge in [-0.3, -0.25) is 9.59 Å². The molecule has 7 heteroatoms. The maximum atomic E-state index is 11.9. The highest BCUT2D eigenvalue weighted by Gasteiger charge is 2.29. The van der Waals surface area contributed by atoms with Crippen LogP contribution in [0.5, 0.6) is 0 Å². The van der Waals surface area contributed by atoms with E-state index < -0.39 is 17.4 Å². The largest absolute Gasteiger partial charge is 0.466 e. The van der Waals surface area contributed by atoms with Crippen molar-refractivity contribution >= 4 is 29.5 Å². The molecule has 0 spiro atoms. The molecule has 104 valence electrons. The standard InChI is InChI=1S/C13H12N2O4S/c1-19-10(16)7-9-12(18)15-13(20-9)14-11(17)8-5-3-2-4-6-8/h2-7,13H,1H3,(H,14,17)(H,15,18)/b9-7-/t13-/m1/s1. The molecule has 0 bridgehead atoms. The number of rotatable bonds is 3. The molecule has 20 heavy (non-hydrogen) atoms. The van der Waals surface area contributed by atoms with Gasteiger partial charge >= 0.3 is 5.97 Å². The van der Waals surface area contributed by atoms with E-state index in [2.05, 4.69) is 15.4 Å². The number of nitrogens with one attached hydrogen (secondary N) is 2.